The minimum Gasteiger partial charge on any atom is -0.414 e. The Labute approximate surface area is 88.7 Å². The fourth-order valence-corrected chi connectivity index (χ4v) is 1.52. The lowest BCUT2D eigenvalue weighted by molar-refractivity contribution is 0.333. The molecule has 0 unspecified atom stereocenters. The Kier molecular flexibility index (Phi) is 4.41. The van der Waals surface area contributed by atoms with Gasteiger partial charge in [0, 0.05) is 0 Å². The highest BCUT2D eigenvalue weighted by molar-refractivity contribution is 7.99. The van der Waals surface area contributed by atoms with Gasteiger partial charge in [0.15, 0.2) is 0 Å². The Morgan fingerprint density at radius 2 is 2.14 bits per heavy atom. The summed E-state index contributed by atoms with van der Waals surface area (Å²) in [5.74, 6) is 1.85. The van der Waals surface area contributed by atoms with Gasteiger partial charge < -0.3 is 10.2 Å². The lowest BCUT2D eigenvalue weighted by Gasteiger charge is -2.13. The van der Waals surface area contributed by atoms with Crippen LogP contribution in [-0.2, 0) is 0 Å². The molecular formula is C9H17N3OS. The van der Waals surface area contributed by atoms with Crippen molar-refractivity contribution in [3.05, 3.63) is 5.89 Å². The van der Waals surface area contributed by atoms with Crippen molar-refractivity contribution >= 4 is 11.8 Å². The van der Waals surface area contributed by atoms with E-state index < -0.39 is 0 Å². The molecule has 0 fully saturated rings. The standard InChI is InChI=1S/C9H17N3OS/c1-4-6(3)7(10)8-11-12-9(13-8)14-5-2/h6-7H,4-5,10H2,1-3H3/t6-,7+/m1/s1. The molecule has 14 heavy (non-hydrogen) atoms. The molecule has 1 rings (SSSR count). The maximum Gasteiger partial charge on any atom is 0.276 e. The molecule has 0 saturated heterocycles. The van der Waals surface area contributed by atoms with E-state index in [4.69, 9.17) is 10.2 Å². The summed E-state index contributed by atoms with van der Waals surface area (Å²) in [6, 6.07) is -0.140. The molecule has 0 radical (unpaired) electrons. The van der Waals surface area contributed by atoms with Crippen LogP contribution >= 0.6 is 11.8 Å². The lowest BCUT2D eigenvalue weighted by atomic mass is 10.0. The average Bonchev–Trinajstić information content (AvgIpc) is 2.64. The molecule has 0 bridgehead atoms. The van der Waals surface area contributed by atoms with Gasteiger partial charge in [-0.2, -0.15) is 0 Å². The highest BCUT2D eigenvalue weighted by atomic mass is 32.2. The van der Waals surface area contributed by atoms with E-state index in [2.05, 4.69) is 24.0 Å². The largest absolute Gasteiger partial charge is 0.414 e. The molecule has 2 atom stereocenters. The number of hydrogen-bond acceptors (Lipinski definition) is 5. The molecule has 2 N–H and O–H groups in total. The van der Waals surface area contributed by atoms with Gasteiger partial charge in [-0.05, 0) is 11.7 Å². The second-order valence-electron chi connectivity index (χ2n) is 3.25. The molecule has 1 aromatic rings. The van der Waals surface area contributed by atoms with Crippen molar-refractivity contribution in [3.63, 3.8) is 0 Å². The lowest BCUT2D eigenvalue weighted by Crippen LogP contribution is -2.18. The summed E-state index contributed by atoms with van der Waals surface area (Å²) in [6.45, 7) is 6.23. The first-order valence-corrected chi connectivity index (χ1v) is 5.89. The van der Waals surface area contributed by atoms with E-state index in [0.29, 0.717) is 17.0 Å². The topological polar surface area (TPSA) is 64.9 Å². The van der Waals surface area contributed by atoms with Crippen LogP contribution < -0.4 is 5.73 Å². The molecule has 0 aliphatic heterocycles. The first-order valence-electron chi connectivity index (χ1n) is 4.90. The molecule has 0 spiro atoms. The van der Waals surface area contributed by atoms with Crippen molar-refractivity contribution in [2.45, 2.75) is 38.5 Å². The number of hydrogen-bond donors (Lipinski definition) is 1. The molecule has 80 valence electrons. The molecule has 0 aromatic carbocycles. The fourth-order valence-electron chi connectivity index (χ4n) is 1.03. The summed E-state index contributed by atoms with van der Waals surface area (Å²) >= 11 is 1.54. The van der Waals surface area contributed by atoms with Gasteiger partial charge in [-0.3, -0.25) is 0 Å². The van der Waals surface area contributed by atoms with E-state index in [1.807, 2.05) is 6.92 Å². The maximum atomic E-state index is 5.95. The quantitative estimate of drug-likeness (QED) is 0.763. The van der Waals surface area contributed by atoms with Crippen molar-refractivity contribution in [3.8, 4) is 0 Å². The molecular weight excluding hydrogens is 198 g/mol. The molecule has 1 aromatic heterocycles. The van der Waals surface area contributed by atoms with Crippen LogP contribution in [0.4, 0.5) is 0 Å². The fraction of sp³-hybridized carbons (Fsp3) is 0.778. The zero-order chi connectivity index (χ0) is 10.6. The van der Waals surface area contributed by atoms with E-state index in [1.165, 1.54) is 11.8 Å². The first-order chi connectivity index (χ1) is 6.69. The van der Waals surface area contributed by atoms with Crippen LogP contribution in [0.1, 0.15) is 39.1 Å². The second kappa shape index (κ2) is 5.36. The predicted octanol–water partition coefficient (Wildman–Crippen LogP) is 2.23. The van der Waals surface area contributed by atoms with Crippen molar-refractivity contribution in [2.24, 2.45) is 11.7 Å². The van der Waals surface area contributed by atoms with Gasteiger partial charge in [0.25, 0.3) is 5.22 Å². The van der Waals surface area contributed by atoms with Gasteiger partial charge in [0.05, 0.1) is 6.04 Å². The highest BCUT2D eigenvalue weighted by Gasteiger charge is 2.19. The summed E-state index contributed by atoms with van der Waals surface area (Å²) in [5, 5.41) is 8.46. The number of rotatable bonds is 5. The maximum absolute atomic E-state index is 5.95. The summed E-state index contributed by atoms with van der Waals surface area (Å²) in [5.41, 5.74) is 5.95. The Bertz CT molecular complexity index is 277. The summed E-state index contributed by atoms with van der Waals surface area (Å²) in [6.07, 6.45) is 1.01. The molecule has 5 heteroatoms. The summed E-state index contributed by atoms with van der Waals surface area (Å²) < 4.78 is 5.42. The number of aromatic nitrogens is 2. The van der Waals surface area contributed by atoms with Crippen molar-refractivity contribution in [1.82, 2.24) is 10.2 Å². The van der Waals surface area contributed by atoms with Gasteiger partial charge in [-0.1, -0.05) is 39.0 Å². The molecule has 0 amide bonds. The molecule has 1 heterocycles. The summed E-state index contributed by atoms with van der Waals surface area (Å²) in [4.78, 5) is 0. The van der Waals surface area contributed by atoms with Crippen molar-refractivity contribution in [1.29, 1.82) is 0 Å². The minimum absolute atomic E-state index is 0.140. The van der Waals surface area contributed by atoms with E-state index in [1.54, 1.807) is 0 Å². The zero-order valence-corrected chi connectivity index (χ0v) is 9.67. The van der Waals surface area contributed by atoms with E-state index in [9.17, 15) is 0 Å². The third kappa shape index (κ3) is 2.72. The van der Waals surface area contributed by atoms with Crippen LogP contribution in [0.15, 0.2) is 9.64 Å². The number of nitrogens with two attached hydrogens (primary N) is 1. The Morgan fingerprint density at radius 1 is 1.43 bits per heavy atom. The van der Waals surface area contributed by atoms with Crippen LogP contribution in [0.25, 0.3) is 0 Å². The van der Waals surface area contributed by atoms with Gasteiger partial charge in [0.1, 0.15) is 0 Å². The first kappa shape index (κ1) is 11.5. The predicted molar refractivity (Wildman–Crippen MR) is 57.1 cm³/mol. The molecule has 0 aliphatic carbocycles. The van der Waals surface area contributed by atoms with Gasteiger partial charge in [-0.15, -0.1) is 10.2 Å². The highest BCUT2D eigenvalue weighted by Crippen LogP contribution is 2.23. The van der Waals surface area contributed by atoms with Crippen LogP contribution in [0.5, 0.6) is 0 Å². The minimum atomic E-state index is -0.140. The van der Waals surface area contributed by atoms with Gasteiger partial charge >= 0.3 is 0 Å². The monoisotopic (exact) mass is 215 g/mol. The SMILES string of the molecule is CCSc1nnc([C@@H](N)[C@H](C)CC)o1. The molecule has 0 aliphatic rings. The van der Waals surface area contributed by atoms with E-state index in [-0.39, 0.29) is 6.04 Å². The second-order valence-corrected chi connectivity index (χ2v) is 4.47. The third-order valence-electron chi connectivity index (χ3n) is 2.23. The van der Waals surface area contributed by atoms with E-state index in [0.717, 1.165) is 12.2 Å². The van der Waals surface area contributed by atoms with Gasteiger partial charge in [0.2, 0.25) is 5.89 Å². The van der Waals surface area contributed by atoms with E-state index >= 15 is 0 Å². The average molecular weight is 215 g/mol. The van der Waals surface area contributed by atoms with Crippen LogP contribution in [0, 0.1) is 5.92 Å². The zero-order valence-electron chi connectivity index (χ0n) is 8.86. The van der Waals surface area contributed by atoms with Crippen LogP contribution in [0.2, 0.25) is 0 Å². The van der Waals surface area contributed by atoms with Gasteiger partial charge in [-0.25, -0.2) is 0 Å². The Balaban J connectivity index is 2.65. The third-order valence-corrected chi connectivity index (χ3v) is 2.93. The summed E-state index contributed by atoms with van der Waals surface area (Å²) in [7, 11) is 0. The normalized spacial score (nSPS) is 15.4. The smallest absolute Gasteiger partial charge is 0.276 e. The Morgan fingerprint density at radius 3 is 2.71 bits per heavy atom. The Hall–Kier alpha value is -0.550. The number of thioether (sulfide) groups is 1. The van der Waals surface area contributed by atoms with Crippen molar-refractivity contribution in [2.75, 3.05) is 5.75 Å². The number of nitrogens with zero attached hydrogens (tertiary/aromatic N) is 2. The van der Waals surface area contributed by atoms with Crippen molar-refractivity contribution < 1.29 is 4.42 Å². The van der Waals surface area contributed by atoms with Crippen LogP contribution in [0.3, 0.4) is 0 Å². The molecule has 0 saturated carbocycles. The molecule has 4 nitrogen and oxygen atoms in total. The van der Waals surface area contributed by atoms with Crippen LogP contribution in [-0.4, -0.2) is 16.0 Å².